The molecule has 1 saturated carbocycles. The Balaban J connectivity index is 1.20. The molecule has 0 aliphatic heterocycles. The van der Waals surface area contributed by atoms with Gasteiger partial charge in [-0.05, 0) is 68.0 Å². The fourth-order valence-electron chi connectivity index (χ4n) is 4.08. The Morgan fingerprint density at radius 3 is 2.53 bits per heavy atom. The van der Waals surface area contributed by atoms with Crippen molar-refractivity contribution >= 4 is 11.5 Å². The summed E-state index contributed by atoms with van der Waals surface area (Å²) >= 11 is 0. The third-order valence-electron chi connectivity index (χ3n) is 5.77. The van der Waals surface area contributed by atoms with E-state index in [1.807, 2.05) is 65.3 Å². The molecule has 0 amide bonds. The van der Waals surface area contributed by atoms with Gasteiger partial charge in [0.05, 0.1) is 18.5 Å². The lowest BCUT2D eigenvalue weighted by atomic mass is 9.86. The van der Waals surface area contributed by atoms with Crippen LogP contribution in [-0.2, 0) is 0 Å². The summed E-state index contributed by atoms with van der Waals surface area (Å²) in [5.41, 5.74) is 2.87. The average Bonchev–Trinajstić information content (AvgIpc) is 3.23. The molecule has 6 nitrogen and oxygen atoms in total. The van der Waals surface area contributed by atoms with Crippen molar-refractivity contribution < 1.29 is 4.74 Å². The number of hydrogen-bond acceptors (Lipinski definition) is 5. The van der Waals surface area contributed by atoms with Crippen LogP contribution in [0.1, 0.15) is 25.7 Å². The molecule has 3 aromatic heterocycles. The van der Waals surface area contributed by atoms with Gasteiger partial charge >= 0.3 is 0 Å². The Bertz CT molecular complexity index is 1090. The first-order chi connectivity index (χ1) is 14.8. The largest absolute Gasteiger partial charge is 0.493 e. The van der Waals surface area contributed by atoms with Crippen LogP contribution in [0, 0.1) is 5.92 Å². The monoisotopic (exact) mass is 399 g/mol. The van der Waals surface area contributed by atoms with Crippen molar-refractivity contribution in [3.05, 3.63) is 73.2 Å². The minimum absolute atomic E-state index is 0.441. The molecule has 0 unspecified atom stereocenters. The second kappa shape index (κ2) is 8.53. The maximum atomic E-state index is 5.95. The van der Waals surface area contributed by atoms with Crippen LogP contribution >= 0.6 is 0 Å². The van der Waals surface area contributed by atoms with Crippen LogP contribution in [0.4, 0.5) is 5.82 Å². The predicted octanol–water partition coefficient (Wildman–Crippen LogP) is 4.84. The van der Waals surface area contributed by atoms with Crippen molar-refractivity contribution in [2.45, 2.75) is 31.7 Å². The standard InChI is InChI=1S/C24H25N5O/c1-2-4-21(5-3-1)30-17-18-6-8-20(9-7-18)27-23-10-11-24-26-16-22(29(24)28-23)19-12-14-25-15-13-19/h1-5,10-16,18,20H,6-9,17H2,(H,27,28). The number of anilines is 1. The molecule has 3 heterocycles. The summed E-state index contributed by atoms with van der Waals surface area (Å²) < 4.78 is 7.85. The molecule has 1 aromatic carbocycles. The molecule has 4 aromatic rings. The highest BCUT2D eigenvalue weighted by Crippen LogP contribution is 2.27. The van der Waals surface area contributed by atoms with Crippen molar-refractivity contribution in [1.82, 2.24) is 19.6 Å². The van der Waals surface area contributed by atoms with Crippen LogP contribution in [0.3, 0.4) is 0 Å². The van der Waals surface area contributed by atoms with E-state index < -0.39 is 0 Å². The van der Waals surface area contributed by atoms with Crippen molar-refractivity contribution in [2.24, 2.45) is 5.92 Å². The molecule has 1 fully saturated rings. The number of imidazole rings is 1. The summed E-state index contributed by atoms with van der Waals surface area (Å²) in [6.45, 7) is 0.797. The smallest absolute Gasteiger partial charge is 0.154 e. The van der Waals surface area contributed by atoms with Gasteiger partial charge < -0.3 is 10.1 Å². The molecule has 0 saturated heterocycles. The molecule has 1 N–H and O–H groups in total. The summed E-state index contributed by atoms with van der Waals surface area (Å²) in [5.74, 6) is 2.46. The van der Waals surface area contributed by atoms with E-state index in [0.717, 1.165) is 47.9 Å². The van der Waals surface area contributed by atoms with Crippen LogP contribution in [0.2, 0.25) is 0 Å². The second-order valence-electron chi connectivity index (χ2n) is 7.85. The second-order valence-corrected chi connectivity index (χ2v) is 7.85. The molecule has 0 spiro atoms. The van der Waals surface area contributed by atoms with Crippen LogP contribution in [0.25, 0.3) is 16.9 Å². The van der Waals surface area contributed by atoms with E-state index in [9.17, 15) is 0 Å². The maximum absolute atomic E-state index is 5.95. The first-order valence-corrected chi connectivity index (χ1v) is 10.5. The predicted molar refractivity (Wildman–Crippen MR) is 118 cm³/mol. The Hall–Kier alpha value is -3.41. The van der Waals surface area contributed by atoms with Gasteiger partial charge in [-0.1, -0.05) is 18.2 Å². The van der Waals surface area contributed by atoms with Crippen molar-refractivity contribution in [3.63, 3.8) is 0 Å². The Labute approximate surface area is 176 Å². The van der Waals surface area contributed by atoms with E-state index in [1.54, 1.807) is 12.4 Å². The zero-order chi connectivity index (χ0) is 20.2. The highest BCUT2D eigenvalue weighted by atomic mass is 16.5. The maximum Gasteiger partial charge on any atom is 0.154 e. The minimum Gasteiger partial charge on any atom is -0.493 e. The highest BCUT2D eigenvalue weighted by molar-refractivity contribution is 5.63. The number of pyridine rings is 1. The molecule has 0 atom stereocenters. The topological polar surface area (TPSA) is 64.3 Å². The SMILES string of the molecule is c1ccc(OCC2CCC(Nc3ccc4ncc(-c5ccncc5)n4n3)CC2)cc1. The van der Waals surface area contributed by atoms with Crippen LogP contribution in [0.15, 0.2) is 73.2 Å². The third-order valence-corrected chi connectivity index (χ3v) is 5.77. The highest BCUT2D eigenvalue weighted by Gasteiger charge is 2.22. The lowest BCUT2D eigenvalue weighted by molar-refractivity contribution is 0.203. The van der Waals surface area contributed by atoms with Gasteiger partial charge in [0.1, 0.15) is 11.6 Å². The van der Waals surface area contributed by atoms with Crippen LogP contribution in [-0.4, -0.2) is 32.2 Å². The molecular weight excluding hydrogens is 374 g/mol. The van der Waals surface area contributed by atoms with Crippen LogP contribution < -0.4 is 10.1 Å². The fraction of sp³-hybridized carbons (Fsp3) is 0.292. The van der Waals surface area contributed by atoms with Crippen molar-refractivity contribution in [3.8, 4) is 17.0 Å². The number of ether oxygens (including phenoxy) is 1. The number of para-hydroxylation sites is 1. The quantitative estimate of drug-likeness (QED) is 0.503. The zero-order valence-corrected chi connectivity index (χ0v) is 16.8. The summed E-state index contributed by atoms with van der Waals surface area (Å²) in [6, 6.07) is 18.5. The van der Waals surface area contributed by atoms with Gasteiger partial charge in [0.25, 0.3) is 0 Å². The lowest BCUT2D eigenvalue weighted by Crippen LogP contribution is -2.29. The fourth-order valence-corrected chi connectivity index (χ4v) is 4.08. The number of rotatable bonds is 6. The van der Waals surface area contributed by atoms with Crippen LogP contribution in [0.5, 0.6) is 5.75 Å². The van der Waals surface area contributed by atoms with E-state index in [4.69, 9.17) is 9.84 Å². The first-order valence-electron chi connectivity index (χ1n) is 10.5. The van der Waals surface area contributed by atoms with E-state index in [0.29, 0.717) is 12.0 Å². The molecule has 30 heavy (non-hydrogen) atoms. The molecule has 6 heteroatoms. The third kappa shape index (κ3) is 4.13. The van der Waals surface area contributed by atoms with Gasteiger partial charge in [0.15, 0.2) is 5.65 Å². The van der Waals surface area contributed by atoms with Gasteiger partial charge in [-0.3, -0.25) is 4.98 Å². The number of fused-ring (bicyclic) bond motifs is 1. The molecule has 5 rings (SSSR count). The van der Waals surface area contributed by atoms with Gasteiger partial charge in [-0.25, -0.2) is 9.50 Å². The molecule has 1 aliphatic rings. The number of benzene rings is 1. The van der Waals surface area contributed by atoms with E-state index in [2.05, 4.69) is 15.3 Å². The summed E-state index contributed by atoms with van der Waals surface area (Å²) in [6.07, 6.45) is 10.0. The molecule has 1 aliphatic carbocycles. The minimum atomic E-state index is 0.441. The number of hydrogen-bond donors (Lipinski definition) is 1. The normalized spacial score (nSPS) is 18.9. The van der Waals surface area contributed by atoms with Gasteiger partial charge in [-0.15, -0.1) is 5.10 Å². The van der Waals surface area contributed by atoms with Crippen molar-refractivity contribution in [2.75, 3.05) is 11.9 Å². The average molecular weight is 399 g/mol. The van der Waals surface area contributed by atoms with Gasteiger partial charge in [0, 0.05) is 24.0 Å². The van der Waals surface area contributed by atoms with E-state index in [-0.39, 0.29) is 0 Å². The Morgan fingerprint density at radius 2 is 1.73 bits per heavy atom. The van der Waals surface area contributed by atoms with E-state index >= 15 is 0 Å². The summed E-state index contributed by atoms with van der Waals surface area (Å²) in [7, 11) is 0. The summed E-state index contributed by atoms with van der Waals surface area (Å²) in [4.78, 5) is 8.57. The first kappa shape index (κ1) is 18.6. The molecule has 152 valence electrons. The molecule has 0 bridgehead atoms. The molecule has 0 radical (unpaired) electrons. The molecular formula is C24H25N5O. The van der Waals surface area contributed by atoms with E-state index in [1.165, 1.54) is 12.8 Å². The van der Waals surface area contributed by atoms with Crippen molar-refractivity contribution in [1.29, 1.82) is 0 Å². The Kier molecular flexibility index (Phi) is 5.29. The van der Waals surface area contributed by atoms with Gasteiger partial charge in [-0.2, -0.15) is 0 Å². The zero-order valence-electron chi connectivity index (χ0n) is 16.8. The Morgan fingerprint density at radius 1 is 0.933 bits per heavy atom. The number of nitrogens with one attached hydrogen (secondary N) is 1. The summed E-state index contributed by atoms with van der Waals surface area (Å²) in [5, 5.41) is 8.42. The van der Waals surface area contributed by atoms with Gasteiger partial charge in [0.2, 0.25) is 0 Å². The lowest BCUT2D eigenvalue weighted by Gasteiger charge is -2.29. The number of aromatic nitrogens is 4. The number of nitrogens with zero attached hydrogens (tertiary/aromatic N) is 4.